The van der Waals surface area contributed by atoms with Crippen LogP contribution in [-0.4, -0.2) is 46.5 Å². The van der Waals surface area contributed by atoms with E-state index in [9.17, 15) is 9.59 Å². The van der Waals surface area contributed by atoms with Crippen LogP contribution in [0.2, 0.25) is 0 Å². The molecule has 0 radical (unpaired) electrons. The van der Waals surface area contributed by atoms with Gasteiger partial charge in [-0.2, -0.15) is 0 Å². The normalized spacial score (nSPS) is 15.7. The molecule has 7 nitrogen and oxygen atoms in total. The lowest BCUT2D eigenvalue weighted by Gasteiger charge is -2.36. The van der Waals surface area contributed by atoms with E-state index in [2.05, 4.69) is 27.4 Å². The van der Waals surface area contributed by atoms with Gasteiger partial charge in [0.2, 0.25) is 0 Å². The third-order valence-electron chi connectivity index (χ3n) is 7.25. The van der Waals surface area contributed by atoms with E-state index in [1.807, 2.05) is 52.0 Å². The number of nitrogens with two attached hydrogens (primary N) is 2. The molecule has 4 rings (SSSR count). The smallest absolute Gasteiger partial charge is 0.251 e. The lowest BCUT2D eigenvalue weighted by atomic mass is 9.90. The lowest BCUT2D eigenvalue weighted by Crippen LogP contribution is -2.38. The maximum Gasteiger partial charge on any atom is 0.251 e. The van der Waals surface area contributed by atoms with Gasteiger partial charge in [0.1, 0.15) is 0 Å². The fourth-order valence-electron chi connectivity index (χ4n) is 5.20. The molecule has 0 spiro atoms. The first kappa shape index (κ1) is 25.7. The summed E-state index contributed by atoms with van der Waals surface area (Å²) in [5.41, 5.74) is 16.9. The second-order valence-corrected chi connectivity index (χ2v) is 9.51. The first-order valence-corrected chi connectivity index (χ1v) is 12.1. The highest BCUT2D eigenvalue weighted by Gasteiger charge is 2.28. The van der Waals surface area contributed by atoms with Crippen molar-refractivity contribution in [2.24, 2.45) is 17.4 Å². The molecular weight excluding hydrogens is 426 g/mol. The van der Waals surface area contributed by atoms with Crippen LogP contribution in [-0.2, 0) is 0 Å². The average molecular weight is 466 g/mol. The predicted molar refractivity (Wildman–Crippen MR) is 139 cm³/mol. The van der Waals surface area contributed by atoms with Gasteiger partial charge in [0.15, 0.2) is 0 Å². The molecule has 5 N–H and O–H groups in total. The van der Waals surface area contributed by atoms with Gasteiger partial charge in [0, 0.05) is 47.0 Å². The van der Waals surface area contributed by atoms with Gasteiger partial charge < -0.3 is 25.9 Å². The van der Waals surface area contributed by atoms with Gasteiger partial charge in [-0.1, -0.05) is 18.2 Å². The molecule has 1 aliphatic rings. The molecule has 0 aliphatic carbocycles. The van der Waals surface area contributed by atoms with Crippen LogP contribution >= 0.6 is 0 Å². The first-order chi connectivity index (χ1) is 16.1. The zero-order valence-electron chi connectivity index (χ0n) is 21.1. The SMILES string of the molecule is Cc1c(C(N)=O)c2ccccc2n1[C@@H](C)C1CCN(CCN)CC1.Cc1cc(C)c(C)c(=O)[nH]1. The van der Waals surface area contributed by atoms with Crippen molar-refractivity contribution in [1.82, 2.24) is 14.5 Å². The van der Waals surface area contributed by atoms with E-state index in [-0.39, 0.29) is 11.5 Å². The van der Waals surface area contributed by atoms with Crippen LogP contribution in [0.25, 0.3) is 10.9 Å². The van der Waals surface area contributed by atoms with Crippen molar-refractivity contribution in [3.8, 4) is 0 Å². The van der Waals surface area contributed by atoms with Crippen molar-refractivity contribution >= 4 is 16.8 Å². The third-order valence-corrected chi connectivity index (χ3v) is 7.25. The Morgan fingerprint density at radius 3 is 2.38 bits per heavy atom. The number of carbonyl (C=O) groups is 1. The van der Waals surface area contributed by atoms with Crippen molar-refractivity contribution in [2.75, 3.05) is 26.2 Å². The molecule has 1 aliphatic heterocycles. The number of aryl methyl sites for hydroxylation is 2. The molecule has 184 valence electrons. The van der Waals surface area contributed by atoms with Gasteiger partial charge in [-0.05, 0) is 84.2 Å². The number of carbonyl (C=O) groups excluding carboxylic acids is 1. The number of aromatic nitrogens is 2. The van der Waals surface area contributed by atoms with E-state index in [1.54, 1.807) is 0 Å². The Bertz CT molecular complexity index is 1200. The first-order valence-electron chi connectivity index (χ1n) is 12.1. The molecule has 1 saturated heterocycles. The zero-order chi connectivity index (χ0) is 25.0. The summed E-state index contributed by atoms with van der Waals surface area (Å²) in [6, 6.07) is 10.4. The summed E-state index contributed by atoms with van der Waals surface area (Å²) in [7, 11) is 0. The molecule has 3 aromatic rings. The van der Waals surface area contributed by atoms with Crippen molar-refractivity contribution in [2.45, 2.75) is 53.5 Å². The van der Waals surface area contributed by atoms with E-state index >= 15 is 0 Å². The van der Waals surface area contributed by atoms with E-state index in [4.69, 9.17) is 11.5 Å². The minimum Gasteiger partial charge on any atom is -0.366 e. The summed E-state index contributed by atoms with van der Waals surface area (Å²) >= 11 is 0. The molecule has 0 bridgehead atoms. The van der Waals surface area contributed by atoms with Crippen LogP contribution in [0.3, 0.4) is 0 Å². The van der Waals surface area contributed by atoms with Crippen molar-refractivity contribution in [3.63, 3.8) is 0 Å². The Morgan fingerprint density at radius 2 is 1.79 bits per heavy atom. The van der Waals surface area contributed by atoms with E-state index < -0.39 is 0 Å². The number of para-hydroxylation sites is 1. The molecule has 1 amide bonds. The minimum absolute atomic E-state index is 0.0255. The zero-order valence-corrected chi connectivity index (χ0v) is 21.1. The Hall–Kier alpha value is -2.90. The fourth-order valence-corrected chi connectivity index (χ4v) is 5.20. The average Bonchev–Trinajstić information content (AvgIpc) is 3.10. The maximum absolute atomic E-state index is 12.0. The Balaban J connectivity index is 0.000000271. The number of benzene rings is 1. The van der Waals surface area contributed by atoms with Crippen LogP contribution in [0, 0.1) is 33.6 Å². The van der Waals surface area contributed by atoms with Gasteiger partial charge in [-0.15, -0.1) is 0 Å². The van der Waals surface area contributed by atoms with Gasteiger partial charge in [0.05, 0.1) is 5.56 Å². The molecule has 34 heavy (non-hydrogen) atoms. The highest BCUT2D eigenvalue weighted by molar-refractivity contribution is 6.07. The monoisotopic (exact) mass is 465 g/mol. The highest BCUT2D eigenvalue weighted by Crippen LogP contribution is 2.35. The van der Waals surface area contributed by atoms with Gasteiger partial charge >= 0.3 is 0 Å². The summed E-state index contributed by atoms with van der Waals surface area (Å²) in [6.45, 7) is 13.9. The number of nitrogens with zero attached hydrogens (tertiary/aromatic N) is 2. The van der Waals surface area contributed by atoms with Crippen molar-refractivity contribution < 1.29 is 4.79 Å². The van der Waals surface area contributed by atoms with E-state index in [0.29, 0.717) is 17.5 Å². The number of hydrogen-bond donors (Lipinski definition) is 3. The number of H-pyrrole nitrogens is 1. The number of fused-ring (bicyclic) bond motifs is 1. The number of nitrogens with one attached hydrogen (secondary N) is 1. The quantitative estimate of drug-likeness (QED) is 0.535. The summed E-state index contributed by atoms with van der Waals surface area (Å²) in [4.78, 5) is 28.1. The maximum atomic E-state index is 12.0. The molecule has 7 heteroatoms. The summed E-state index contributed by atoms with van der Waals surface area (Å²) in [6.07, 6.45) is 2.33. The van der Waals surface area contributed by atoms with Crippen LogP contribution in [0.4, 0.5) is 0 Å². The second kappa shape index (κ2) is 11.0. The standard InChI is InChI=1S/C19H28N4O.C8H11NO/c1-13(15-7-10-22(11-8-15)12-9-20)23-14(2)18(19(21)24)16-5-3-4-6-17(16)23;1-5-4-6(2)9-8(10)7(5)3/h3-6,13,15H,7-12,20H2,1-2H3,(H2,21,24);4H,1-3H3,(H,9,10)/t13-;/m0./s1. The Kier molecular flexibility index (Phi) is 8.33. The number of amides is 1. The minimum atomic E-state index is -0.340. The summed E-state index contributed by atoms with van der Waals surface area (Å²) in [5, 5.41) is 0.968. The van der Waals surface area contributed by atoms with Gasteiger partial charge in [-0.25, -0.2) is 0 Å². The number of piperidine rings is 1. The predicted octanol–water partition coefficient (Wildman–Crippen LogP) is 3.58. The molecule has 1 aromatic carbocycles. The summed E-state index contributed by atoms with van der Waals surface area (Å²) < 4.78 is 2.32. The molecule has 0 saturated carbocycles. The number of primary amides is 1. The number of likely N-dealkylation sites (tertiary alicyclic amines) is 1. The topological polar surface area (TPSA) is 110 Å². The van der Waals surface area contributed by atoms with Crippen LogP contribution in [0.15, 0.2) is 35.1 Å². The number of aromatic amines is 1. The summed E-state index contributed by atoms with van der Waals surface area (Å²) in [5.74, 6) is 0.265. The molecule has 3 heterocycles. The largest absolute Gasteiger partial charge is 0.366 e. The molecule has 0 unspecified atom stereocenters. The lowest BCUT2D eigenvalue weighted by molar-refractivity contribution is 0.100. The van der Waals surface area contributed by atoms with Gasteiger partial charge in [0.25, 0.3) is 11.5 Å². The molecule has 1 atom stereocenters. The number of pyridine rings is 1. The molecule has 1 fully saturated rings. The van der Waals surface area contributed by atoms with Crippen molar-refractivity contribution in [3.05, 3.63) is 68.8 Å². The number of rotatable bonds is 5. The third kappa shape index (κ3) is 5.42. The fraction of sp³-hybridized carbons (Fsp3) is 0.481. The Morgan fingerprint density at radius 1 is 1.15 bits per heavy atom. The van der Waals surface area contributed by atoms with Crippen LogP contribution in [0.1, 0.15) is 58.7 Å². The van der Waals surface area contributed by atoms with Crippen LogP contribution in [0.5, 0.6) is 0 Å². The van der Waals surface area contributed by atoms with Gasteiger partial charge in [-0.3, -0.25) is 9.59 Å². The van der Waals surface area contributed by atoms with Crippen molar-refractivity contribution in [1.29, 1.82) is 0 Å². The van der Waals surface area contributed by atoms with E-state index in [1.165, 1.54) is 12.8 Å². The van der Waals surface area contributed by atoms with Crippen LogP contribution < -0.4 is 17.0 Å². The number of hydrogen-bond acceptors (Lipinski definition) is 4. The highest BCUT2D eigenvalue weighted by atomic mass is 16.1. The second-order valence-electron chi connectivity index (χ2n) is 9.51. The molecule has 2 aromatic heterocycles. The molecular formula is C27H39N5O2. The van der Waals surface area contributed by atoms with E-state index in [0.717, 1.165) is 59.6 Å². The Labute approximate surface area is 202 Å².